The molecule has 0 aliphatic heterocycles. The minimum Gasteiger partial charge on any atom is -0.317 e. The quantitative estimate of drug-likeness (QED) is 0.593. The Morgan fingerprint density at radius 1 is 1.00 bits per heavy atom. The predicted octanol–water partition coefficient (Wildman–Crippen LogP) is 5.25. The highest BCUT2D eigenvalue weighted by molar-refractivity contribution is 5.33. The van der Waals surface area contributed by atoms with Crippen LogP contribution < -0.4 is 5.32 Å². The van der Waals surface area contributed by atoms with E-state index in [0.29, 0.717) is 0 Å². The van der Waals surface area contributed by atoms with Crippen molar-refractivity contribution in [2.45, 2.75) is 44.9 Å². The maximum absolute atomic E-state index is 12.9. The van der Waals surface area contributed by atoms with Crippen molar-refractivity contribution in [3.63, 3.8) is 0 Å². The van der Waals surface area contributed by atoms with Gasteiger partial charge in [0.2, 0.25) is 0 Å². The zero-order valence-corrected chi connectivity index (χ0v) is 15.8. The second kappa shape index (κ2) is 10.1. The first-order valence-electron chi connectivity index (χ1n) is 9.50. The van der Waals surface area contributed by atoms with Crippen LogP contribution in [0.25, 0.3) is 0 Å². The second-order valence-electron chi connectivity index (χ2n) is 7.19. The first-order chi connectivity index (χ1) is 12.6. The van der Waals surface area contributed by atoms with Gasteiger partial charge >= 0.3 is 0 Å². The summed E-state index contributed by atoms with van der Waals surface area (Å²) < 4.78 is 12.9. The monoisotopic (exact) mass is 352 g/mol. The van der Waals surface area contributed by atoms with Gasteiger partial charge in [0, 0.05) is 0 Å². The van der Waals surface area contributed by atoms with Crippen LogP contribution >= 0.6 is 0 Å². The number of hydrogen-bond acceptors (Lipinski definition) is 2. The van der Waals surface area contributed by atoms with E-state index in [4.69, 9.17) is 0 Å². The normalized spacial score (nSPS) is 13.3. The lowest BCUT2D eigenvalue weighted by Crippen LogP contribution is -2.32. The number of rotatable bonds is 10. The van der Waals surface area contributed by atoms with Crippen LogP contribution in [-0.4, -0.2) is 13.1 Å². The number of nitriles is 1. The topological polar surface area (TPSA) is 35.8 Å². The van der Waals surface area contributed by atoms with Gasteiger partial charge in [0.05, 0.1) is 11.5 Å². The molecule has 1 atom stereocenters. The van der Waals surface area contributed by atoms with Gasteiger partial charge in [0.15, 0.2) is 0 Å². The van der Waals surface area contributed by atoms with Gasteiger partial charge < -0.3 is 5.32 Å². The number of aryl methyl sites for hydroxylation is 1. The van der Waals surface area contributed by atoms with E-state index in [1.54, 1.807) is 0 Å². The highest BCUT2D eigenvalue weighted by Crippen LogP contribution is 2.36. The lowest BCUT2D eigenvalue weighted by molar-refractivity contribution is 0.356. The fourth-order valence-electron chi connectivity index (χ4n) is 3.44. The third-order valence-corrected chi connectivity index (χ3v) is 5.13. The summed E-state index contributed by atoms with van der Waals surface area (Å²) in [5.74, 6) is 0.0878. The summed E-state index contributed by atoms with van der Waals surface area (Å²) >= 11 is 0. The molecule has 0 aliphatic rings. The lowest BCUT2D eigenvalue weighted by atomic mass is 9.70. The van der Waals surface area contributed by atoms with Crippen molar-refractivity contribution in [3.8, 4) is 6.07 Å². The number of hydrogen-bond donors (Lipinski definition) is 1. The molecular weight excluding hydrogens is 323 g/mol. The highest BCUT2D eigenvalue weighted by Gasteiger charge is 2.35. The Labute approximate surface area is 157 Å². The first-order valence-corrected chi connectivity index (χ1v) is 9.50. The zero-order valence-electron chi connectivity index (χ0n) is 15.8. The van der Waals surface area contributed by atoms with E-state index in [0.717, 1.165) is 44.3 Å². The van der Waals surface area contributed by atoms with Crippen molar-refractivity contribution < 1.29 is 4.39 Å². The average Bonchev–Trinajstić information content (AvgIpc) is 2.66. The van der Waals surface area contributed by atoms with Gasteiger partial charge in [0.25, 0.3) is 0 Å². The van der Waals surface area contributed by atoms with Gasteiger partial charge in [-0.3, -0.25) is 0 Å². The van der Waals surface area contributed by atoms with E-state index in [2.05, 4.69) is 37.4 Å². The molecule has 2 aromatic rings. The number of halogens is 1. The van der Waals surface area contributed by atoms with E-state index < -0.39 is 5.41 Å². The molecule has 0 bridgehead atoms. The molecule has 0 aromatic heterocycles. The van der Waals surface area contributed by atoms with Crippen LogP contribution in [0.15, 0.2) is 54.6 Å². The molecule has 26 heavy (non-hydrogen) atoms. The SMILES string of the molecule is CC(C)C(C#N)(CCCNCCCc1ccc(F)cc1)c1ccccc1. The maximum atomic E-state index is 12.9. The van der Waals surface area contributed by atoms with Crippen LogP contribution in [0, 0.1) is 23.1 Å². The van der Waals surface area contributed by atoms with E-state index in [1.807, 2.05) is 30.3 Å². The van der Waals surface area contributed by atoms with E-state index >= 15 is 0 Å². The molecule has 0 amide bonds. The second-order valence-corrected chi connectivity index (χ2v) is 7.19. The first kappa shape index (κ1) is 20.1. The van der Waals surface area contributed by atoms with Crippen LogP contribution in [0.1, 0.15) is 44.2 Å². The smallest absolute Gasteiger partial charge is 0.123 e. The Hall–Kier alpha value is -2.18. The van der Waals surface area contributed by atoms with Crippen LogP contribution in [0.3, 0.4) is 0 Å². The number of nitrogens with one attached hydrogen (secondary N) is 1. The molecule has 0 spiro atoms. The van der Waals surface area contributed by atoms with Crippen molar-refractivity contribution in [1.29, 1.82) is 5.26 Å². The summed E-state index contributed by atoms with van der Waals surface area (Å²) in [5.41, 5.74) is 1.87. The molecule has 0 saturated carbocycles. The summed E-state index contributed by atoms with van der Waals surface area (Å²) in [6, 6.07) is 19.5. The highest BCUT2D eigenvalue weighted by atomic mass is 19.1. The average molecular weight is 352 g/mol. The number of benzene rings is 2. The van der Waals surface area contributed by atoms with Crippen LogP contribution in [0.2, 0.25) is 0 Å². The molecule has 0 aliphatic carbocycles. The zero-order chi connectivity index (χ0) is 18.8. The Bertz CT molecular complexity index is 688. The van der Waals surface area contributed by atoms with Gasteiger partial charge in [-0.2, -0.15) is 5.26 Å². The number of nitrogens with zero attached hydrogens (tertiary/aromatic N) is 1. The standard InChI is InChI=1S/C23H29FN2/c1-19(2)23(18-25,21-9-4-3-5-10-21)15-7-17-26-16-6-8-20-11-13-22(24)14-12-20/h3-5,9-14,19,26H,6-8,15-17H2,1-2H3. The fourth-order valence-corrected chi connectivity index (χ4v) is 3.44. The van der Waals surface area contributed by atoms with Gasteiger partial charge in [-0.15, -0.1) is 0 Å². The largest absolute Gasteiger partial charge is 0.317 e. The summed E-state index contributed by atoms with van der Waals surface area (Å²) in [5, 5.41) is 13.4. The van der Waals surface area contributed by atoms with E-state index in [-0.39, 0.29) is 11.7 Å². The molecule has 2 nitrogen and oxygen atoms in total. The molecule has 1 N–H and O–H groups in total. The minimum atomic E-state index is -0.420. The van der Waals surface area contributed by atoms with Crippen molar-refractivity contribution in [2.75, 3.05) is 13.1 Å². The summed E-state index contributed by atoms with van der Waals surface area (Å²) in [7, 11) is 0. The Morgan fingerprint density at radius 2 is 1.65 bits per heavy atom. The molecule has 3 heteroatoms. The third-order valence-electron chi connectivity index (χ3n) is 5.13. The van der Waals surface area contributed by atoms with Gasteiger partial charge in [-0.25, -0.2) is 4.39 Å². The molecule has 0 radical (unpaired) electrons. The maximum Gasteiger partial charge on any atom is 0.123 e. The molecule has 0 fully saturated rings. The molecule has 0 heterocycles. The summed E-state index contributed by atoms with van der Waals surface area (Å²) in [4.78, 5) is 0. The predicted molar refractivity (Wildman–Crippen MR) is 105 cm³/mol. The van der Waals surface area contributed by atoms with E-state index in [9.17, 15) is 9.65 Å². The molecule has 0 saturated heterocycles. The molecular formula is C23H29FN2. The van der Waals surface area contributed by atoms with Gasteiger partial charge in [-0.05, 0) is 68.0 Å². The van der Waals surface area contributed by atoms with Gasteiger partial charge in [-0.1, -0.05) is 56.3 Å². The van der Waals surface area contributed by atoms with Crippen molar-refractivity contribution in [2.24, 2.45) is 5.92 Å². The summed E-state index contributed by atoms with van der Waals surface area (Å²) in [6.45, 7) is 6.11. The van der Waals surface area contributed by atoms with Crippen LogP contribution in [-0.2, 0) is 11.8 Å². The van der Waals surface area contributed by atoms with Gasteiger partial charge in [0.1, 0.15) is 5.82 Å². The molecule has 1 unspecified atom stereocenters. The molecule has 2 rings (SSSR count). The Balaban J connectivity index is 1.74. The molecule has 138 valence electrons. The van der Waals surface area contributed by atoms with Crippen LogP contribution in [0.5, 0.6) is 0 Å². The Kier molecular flexibility index (Phi) is 7.81. The lowest BCUT2D eigenvalue weighted by Gasteiger charge is -2.31. The van der Waals surface area contributed by atoms with E-state index in [1.165, 1.54) is 17.7 Å². The Morgan fingerprint density at radius 3 is 2.27 bits per heavy atom. The van der Waals surface area contributed by atoms with Crippen molar-refractivity contribution >= 4 is 0 Å². The molecule has 2 aromatic carbocycles. The summed E-state index contributed by atoms with van der Waals surface area (Å²) in [6.07, 6.45) is 3.80. The fraction of sp³-hybridized carbons (Fsp3) is 0.435. The van der Waals surface area contributed by atoms with Crippen molar-refractivity contribution in [3.05, 3.63) is 71.5 Å². The van der Waals surface area contributed by atoms with Crippen molar-refractivity contribution in [1.82, 2.24) is 5.32 Å². The third kappa shape index (κ3) is 5.41. The minimum absolute atomic E-state index is 0.184. The van der Waals surface area contributed by atoms with Crippen LogP contribution in [0.4, 0.5) is 4.39 Å².